The number of hydrogen-bond donors (Lipinski definition) is 2. The van der Waals surface area contributed by atoms with Crippen molar-refractivity contribution >= 4 is 23.5 Å². The molecule has 0 radical (unpaired) electrons. The van der Waals surface area contributed by atoms with Gasteiger partial charge in [0.15, 0.2) is 0 Å². The molecule has 0 bridgehead atoms. The van der Waals surface area contributed by atoms with Crippen LogP contribution < -0.4 is 11.1 Å². The lowest BCUT2D eigenvalue weighted by Gasteiger charge is -2.12. The Morgan fingerprint density at radius 3 is 3.15 bits per heavy atom. The predicted octanol–water partition coefficient (Wildman–Crippen LogP) is 1.05. The van der Waals surface area contributed by atoms with Gasteiger partial charge in [-0.15, -0.1) is 11.8 Å². The van der Waals surface area contributed by atoms with Crippen molar-refractivity contribution in [3.63, 3.8) is 0 Å². The predicted molar refractivity (Wildman–Crippen MR) is 76.6 cm³/mol. The third-order valence-corrected chi connectivity index (χ3v) is 4.32. The number of fused-ring (bicyclic) bond motifs is 1. The molecule has 0 aromatic carbocycles. The molecule has 2 aromatic heterocycles. The molecule has 1 amide bonds. The first kappa shape index (κ1) is 9.71. The number of nitrogens with two attached hydrogens (primary N) is 1. The molecule has 0 saturated heterocycles. The monoisotopic (exact) mass is 290 g/mol. The van der Waals surface area contributed by atoms with Gasteiger partial charge in [-0.1, -0.05) is 0 Å². The van der Waals surface area contributed by atoms with Gasteiger partial charge in [-0.2, -0.15) is 10.2 Å². The number of thioether (sulfide) groups is 1. The zero-order valence-electron chi connectivity index (χ0n) is 13.3. The van der Waals surface area contributed by atoms with Gasteiger partial charge in [-0.3, -0.25) is 4.79 Å². The smallest absolute Gasteiger partial charge is 0.254 e. The zero-order valence-corrected chi connectivity index (χ0v) is 11.1. The summed E-state index contributed by atoms with van der Waals surface area (Å²) in [4.78, 5) is 17.2. The maximum atomic E-state index is 11.9. The Morgan fingerprint density at radius 1 is 1.50 bits per heavy atom. The molecular weight excluding hydrogens is 274 g/mol. The van der Waals surface area contributed by atoms with Crippen molar-refractivity contribution in [3.8, 4) is 0 Å². The molecule has 3 N–H and O–H groups in total. The summed E-state index contributed by atoms with van der Waals surface area (Å²) < 4.78 is 21.2. The van der Waals surface area contributed by atoms with Gasteiger partial charge in [0.2, 0.25) is 0 Å². The molecule has 1 aliphatic heterocycles. The molecule has 102 valence electrons. The van der Waals surface area contributed by atoms with Crippen LogP contribution in [0.2, 0.25) is 0 Å². The fourth-order valence-corrected chi connectivity index (χ4v) is 3.33. The second-order valence-corrected chi connectivity index (χ2v) is 5.36. The minimum absolute atomic E-state index is 0.00437. The molecule has 0 spiro atoms. The molecule has 1 aliphatic rings. The van der Waals surface area contributed by atoms with E-state index in [9.17, 15) is 4.79 Å². The molecule has 0 aliphatic carbocycles. The van der Waals surface area contributed by atoms with Crippen molar-refractivity contribution in [3.05, 3.63) is 41.3 Å². The lowest BCUT2D eigenvalue weighted by molar-refractivity contribution is 0.0963. The molecule has 3 heterocycles. The molecule has 2 aromatic rings. The molecular formula is C13H13N5OS. The summed E-state index contributed by atoms with van der Waals surface area (Å²) in [6, 6.07) is 3.18. The van der Waals surface area contributed by atoms with Gasteiger partial charge in [0, 0.05) is 27.7 Å². The number of hydrogen-bond acceptors (Lipinski definition) is 6. The van der Waals surface area contributed by atoms with Crippen LogP contribution in [0.3, 0.4) is 0 Å². The van der Waals surface area contributed by atoms with Crippen molar-refractivity contribution in [2.45, 2.75) is 10.8 Å². The van der Waals surface area contributed by atoms with Gasteiger partial charge in [0.05, 0.1) is 23.7 Å². The quantitative estimate of drug-likeness (QED) is 0.858. The number of nitrogens with zero attached hydrogens (tertiary/aromatic N) is 3. The van der Waals surface area contributed by atoms with Crippen LogP contribution >= 0.6 is 11.8 Å². The van der Waals surface area contributed by atoms with E-state index in [1.807, 2.05) is 5.32 Å². The Bertz CT molecular complexity index is 768. The maximum absolute atomic E-state index is 11.9. The average molecular weight is 290 g/mol. The summed E-state index contributed by atoms with van der Waals surface area (Å²) in [5.74, 6) is 0.0431. The van der Waals surface area contributed by atoms with Gasteiger partial charge in [-0.25, -0.2) is 4.98 Å². The topological polar surface area (TPSA) is 93.8 Å². The third-order valence-electron chi connectivity index (χ3n) is 3.17. The van der Waals surface area contributed by atoms with E-state index < -0.39 is 12.9 Å². The van der Waals surface area contributed by atoms with E-state index in [1.54, 1.807) is 30.2 Å². The van der Waals surface area contributed by atoms with Gasteiger partial charge >= 0.3 is 0 Å². The summed E-state index contributed by atoms with van der Waals surface area (Å²) in [7, 11) is 0. The van der Waals surface area contributed by atoms with Crippen LogP contribution in [0.25, 0.3) is 0 Å². The van der Waals surface area contributed by atoms with Crippen LogP contribution in [0.4, 0.5) is 5.82 Å². The lowest BCUT2D eigenvalue weighted by Crippen LogP contribution is -2.20. The van der Waals surface area contributed by atoms with E-state index in [-0.39, 0.29) is 17.3 Å². The van der Waals surface area contributed by atoms with Crippen LogP contribution in [-0.4, -0.2) is 33.8 Å². The van der Waals surface area contributed by atoms with Crippen molar-refractivity contribution in [1.29, 1.82) is 0 Å². The molecule has 6 nitrogen and oxygen atoms in total. The first-order chi connectivity index (χ1) is 10.8. The van der Waals surface area contributed by atoms with Crippen molar-refractivity contribution in [1.82, 2.24) is 20.5 Å². The first-order valence-corrected chi connectivity index (χ1v) is 6.86. The number of pyridine rings is 1. The Morgan fingerprint density at radius 2 is 2.35 bits per heavy atom. The largest absolute Gasteiger partial charge is 0.383 e. The minimum atomic E-state index is -2.57. The Balaban J connectivity index is 1.88. The van der Waals surface area contributed by atoms with Crippen molar-refractivity contribution < 1.29 is 8.91 Å². The Hall–Kier alpha value is -2.15. The number of amides is 1. The fourth-order valence-electron chi connectivity index (χ4n) is 2.15. The van der Waals surface area contributed by atoms with Gasteiger partial charge in [-0.05, 0) is 17.7 Å². The van der Waals surface area contributed by atoms with Gasteiger partial charge in [0.25, 0.3) is 5.91 Å². The highest BCUT2D eigenvalue weighted by Gasteiger charge is 2.27. The van der Waals surface area contributed by atoms with Crippen LogP contribution in [0.1, 0.15) is 31.6 Å². The molecule has 20 heavy (non-hydrogen) atoms. The van der Waals surface area contributed by atoms with E-state index >= 15 is 0 Å². The summed E-state index contributed by atoms with van der Waals surface area (Å²) in [5, 5.41) is 9.64. The standard InChI is InChI=1S/C13H13N5OS/c1-15-13(19)7-2-3-10(18-12(7)14)9-6-20-11-5-17-16-4-8(9)11/h2-5,9H,6H2,1H3,(H2,14,18)(H,15,19)/i1D3. The number of nitrogen functional groups attached to an aromatic ring is 1. The number of carbonyl (C=O) groups is 1. The van der Waals surface area contributed by atoms with E-state index in [2.05, 4.69) is 15.2 Å². The van der Waals surface area contributed by atoms with Gasteiger partial charge < -0.3 is 11.1 Å². The fraction of sp³-hybridized carbons (Fsp3) is 0.231. The van der Waals surface area contributed by atoms with Crippen LogP contribution in [0.5, 0.6) is 0 Å². The second kappa shape index (κ2) is 5.09. The summed E-state index contributed by atoms with van der Waals surface area (Å²) in [6.07, 6.45) is 3.41. The second-order valence-electron chi connectivity index (χ2n) is 4.30. The Kier molecular flexibility index (Phi) is 2.47. The summed E-state index contributed by atoms with van der Waals surface area (Å²) in [6.45, 7) is -2.57. The van der Waals surface area contributed by atoms with E-state index in [4.69, 9.17) is 9.85 Å². The maximum Gasteiger partial charge on any atom is 0.254 e. The van der Waals surface area contributed by atoms with Crippen LogP contribution in [-0.2, 0) is 0 Å². The molecule has 3 rings (SSSR count). The molecule has 0 saturated carbocycles. The highest BCUT2D eigenvalue weighted by Crippen LogP contribution is 2.41. The molecule has 7 heteroatoms. The molecule has 0 fully saturated rings. The number of aromatic nitrogens is 3. The van der Waals surface area contributed by atoms with Crippen molar-refractivity contribution in [2.75, 3.05) is 18.5 Å². The molecule has 1 atom stereocenters. The minimum Gasteiger partial charge on any atom is -0.383 e. The number of carbonyl (C=O) groups excluding carboxylic acids is 1. The van der Waals surface area contributed by atoms with Crippen LogP contribution in [0, 0.1) is 0 Å². The number of rotatable bonds is 2. The lowest BCUT2D eigenvalue weighted by atomic mass is 9.99. The molecule has 1 unspecified atom stereocenters. The average Bonchev–Trinajstić information content (AvgIpc) is 2.89. The van der Waals surface area contributed by atoms with Crippen molar-refractivity contribution in [2.24, 2.45) is 0 Å². The number of anilines is 1. The summed E-state index contributed by atoms with van der Waals surface area (Å²) in [5.41, 5.74) is 7.62. The highest BCUT2D eigenvalue weighted by molar-refractivity contribution is 7.99. The van der Waals surface area contributed by atoms with E-state index in [0.29, 0.717) is 5.69 Å². The first-order valence-electron chi connectivity index (χ1n) is 7.37. The third kappa shape index (κ3) is 2.09. The summed E-state index contributed by atoms with van der Waals surface area (Å²) >= 11 is 1.66. The Labute approximate surface area is 124 Å². The SMILES string of the molecule is [2H]C([2H])([2H])NC(=O)c1ccc(C2CSc3cnncc32)nc1N. The van der Waals surface area contributed by atoms with E-state index in [0.717, 1.165) is 16.2 Å². The van der Waals surface area contributed by atoms with E-state index in [1.165, 1.54) is 6.07 Å². The van der Waals surface area contributed by atoms with Gasteiger partial charge in [0.1, 0.15) is 5.82 Å². The highest BCUT2D eigenvalue weighted by atomic mass is 32.2. The normalized spacial score (nSPS) is 19.6. The number of nitrogens with one attached hydrogen (secondary N) is 1. The van der Waals surface area contributed by atoms with Crippen LogP contribution in [0.15, 0.2) is 29.4 Å². The zero-order chi connectivity index (χ0) is 16.6.